The van der Waals surface area contributed by atoms with E-state index in [9.17, 15) is 9.90 Å². The maximum Gasteiger partial charge on any atom is 0.407 e. The lowest BCUT2D eigenvalue weighted by Gasteiger charge is -2.08. The second kappa shape index (κ2) is 3.21. The maximum absolute atomic E-state index is 10.8. The fraction of sp³-hybridized carbons (Fsp3) is 0.300. The minimum Gasteiger partial charge on any atom is -0.508 e. The van der Waals surface area contributed by atoms with Crippen LogP contribution in [0.4, 0.5) is 4.79 Å². The number of alkyl carbamates (subject to hydrolysis) is 1. The van der Waals surface area contributed by atoms with Crippen molar-refractivity contribution in [1.29, 1.82) is 0 Å². The molecule has 0 aliphatic carbocycles. The van der Waals surface area contributed by atoms with E-state index in [-0.39, 0.29) is 17.9 Å². The molecule has 0 spiro atoms. The summed E-state index contributed by atoms with van der Waals surface area (Å²) in [6, 6.07) is 5.15. The molecule has 0 unspecified atom stereocenters. The first-order chi connectivity index (χ1) is 6.66. The van der Waals surface area contributed by atoms with Crippen LogP contribution >= 0.6 is 0 Å². The molecule has 1 aliphatic rings. The van der Waals surface area contributed by atoms with E-state index in [1.165, 1.54) is 0 Å². The lowest BCUT2D eigenvalue weighted by molar-refractivity contribution is 0.177. The second-order valence-electron chi connectivity index (χ2n) is 3.34. The Bertz CT molecular complexity index is 376. The number of ether oxygens (including phenoxy) is 1. The predicted molar refractivity (Wildman–Crippen MR) is 50.1 cm³/mol. The van der Waals surface area contributed by atoms with Gasteiger partial charge in [-0.25, -0.2) is 4.79 Å². The number of hydrogen-bond acceptors (Lipinski definition) is 3. The van der Waals surface area contributed by atoms with E-state index in [1.807, 2.05) is 13.0 Å². The molecule has 1 fully saturated rings. The van der Waals surface area contributed by atoms with Crippen LogP contribution in [0.25, 0.3) is 0 Å². The average molecular weight is 193 g/mol. The van der Waals surface area contributed by atoms with Crippen molar-refractivity contribution in [2.75, 3.05) is 6.61 Å². The first kappa shape index (κ1) is 8.87. The van der Waals surface area contributed by atoms with E-state index in [0.717, 1.165) is 11.1 Å². The average Bonchev–Trinajstić information content (AvgIpc) is 2.57. The Hall–Kier alpha value is -1.71. The van der Waals surface area contributed by atoms with Gasteiger partial charge in [0.05, 0.1) is 6.04 Å². The van der Waals surface area contributed by atoms with Gasteiger partial charge in [0.25, 0.3) is 0 Å². The molecule has 1 aromatic carbocycles. The van der Waals surface area contributed by atoms with Gasteiger partial charge in [0.15, 0.2) is 0 Å². The van der Waals surface area contributed by atoms with Crippen molar-refractivity contribution >= 4 is 6.09 Å². The van der Waals surface area contributed by atoms with E-state index in [0.29, 0.717) is 6.61 Å². The zero-order valence-electron chi connectivity index (χ0n) is 7.78. The molecule has 0 radical (unpaired) electrons. The molecule has 0 saturated carbocycles. The normalized spacial score (nSPS) is 20.4. The third-order valence-corrected chi connectivity index (χ3v) is 2.30. The molecule has 74 valence electrons. The van der Waals surface area contributed by atoms with Crippen molar-refractivity contribution in [3.63, 3.8) is 0 Å². The van der Waals surface area contributed by atoms with Crippen LogP contribution in [0.5, 0.6) is 5.75 Å². The van der Waals surface area contributed by atoms with Crippen LogP contribution in [0.15, 0.2) is 18.2 Å². The summed E-state index contributed by atoms with van der Waals surface area (Å²) in [6.07, 6.45) is -0.388. The first-order valence-corrected chi connectivity index (χ1v) is 4.39. The molecular weight excluding hydrogens is 182 g/mol. The molecule has 2 rings (SSSR count). The number of phenols is 1. The van der Waals surface area contributed by atoms with Crippen LogP contribution in [0, 0.1) is 6.92 Å². The molecule has 4 nitrogen and oxygen atoms in total. The third kappa shape index (κ3) is 1.51. The van der Waals surface area contributed by atoms with Crippen LogP contribution in [-0.2, 0) is 4.74 Å². The molecule has 14 heavy (non-hydrogen) atoms. The van der Waals surface area contributed by atoms with Gasteiger partial charge in [0, 0.05) is 0 Å². The number of hydrogen-bond donors (Lipinski definition) is 2. The Morgan fingerprint density at radius 2 is 2.36 bits per heavy atom. The molecule has 1 aliphatic heterocycles. The van der Waals surface area contributed by atoms with Gasteiger partial charge in [0.2, 0.25) is 0 Å². The van der Waals surface area contributed by atoms with Crippen LogP contribution in [-0.4, -0.2) is 17.8 Å². The Morgan fingerprint density at radius 1 is 1.57 bits per heavy atom. The Balaban J connectivity index is 2.24. The van der Waals surface area contributed by atoms with Crippen LogP contribution in [0.3, 0.4) is 0 Å². The SMILES string of the molecule is Cc1cc([C@H]2COC(=O)N2)ccc1O. The van der Waals surface area contributed by atoms with Crippen LogP contribution < -0.4 is 5.32 Å². The molecule has 2 N–H and O–H groups in total. The standard InChI is InChI=1S/C10H11NO3/c1-6-4-7(2-3-9(6)12)8-5-14-10(13)11-8/h2-4,8,12H,5H2,1H3,(H,11,13)/t8-/m1/s1. The fourth-order valence-corrected chi connectivity index (χ4v) is 1.46. The van der Waals surface area contributed by atoms with Gasteiger partial charge in [-0.3, -0.25) is 0 Å². The molecule has 1 atom stereocenters. The summed E-state index contributed by atoms with van der Waals surface area (Å²) < 4.78 is 4.78. The summed E-state index contributed by atoms with van der Waals surface area (Å²) in [6.45, 7) is 2.17. The quantitative estimate of drug-likeness (QED) is 0.710. The summed E-state index contributed by atoms with van der Waals surface area (Å²) in [5.74, 6) is 0.263. The molecule has 0 bridgehead atoms. The molecule has 0 aromatic heterocycles. The Kier molecular flexibility index (Phi) is 2.04. The number of aromatic hydroxyl groups is 1. The molecule has 1 amide bonds. The number of carbonyl (C=O) groups excluding carboxylic acids is 1. The number of amides is 1. The maximum atomic E-state index is 10.8. The van der Waals surface area contributed by atoms with Crippen LogP contribution in [0.1, 0.15) is 17.2 Å². The summed E-state index contributed by atoms with van der Waals surface area (Å²) in [5, 5.41) is 12.0. The topological polar surface area (TPSA) is 58.6 Å². The Labute approximate surface area is 81.5 Å². The van der Waals surface area contributed by atoms with Gasteiger partial charge in [-0.05, 0) is 24.1 Å². The van der Waals surface area contributed by atoms with Gasteiger partial charge >= 0.3 is 6.09 Å². The van der Waals surface area contributed by atoms with Gasteiger partial charge in [-0.1, -0.05) is 12.1 Å². The summed E-state index contributed by atoms with van der Waals surface area (Å²) in [4.78, 5) is 10.8. The molecule has 4 heteroatoms. The third-order valence-electron chi connectivity index (χ3n) is 2.30. The van der Waals surface area contributed by atoms with E-state index in [4.69, 9.17) is 4.74 Å². The number of rotatable bonds is 1. The molecule has 1 saturated heterocycles. The number of benzene rings is 1. The summed E-state index contributed by atoms with van der Waals surface area (Å²) in [7, 11) is 0. The van der Waals surface area contributed by atoms with Crippen molar-refractivity contribution in [3.05, 3.63) is 29.3 Å². The van der Waals surface area contributed by atoms with E-state index in [1.54, 1.807) is 12.1 Å². The molecule has 1 aromatic rings. The summed E-state index contributed by atoms with van der Waals surface area (Å²) >= 11 is 0. The van der Waals surface area contributed by atoms with Gasteiger partial charge in [0.1, 0.15) is 12.4 Å². The Morgan fingerprint density at radius 3 is 2.93 bits per heavy atom. The first-order valence-electron chi connectivity index (χ1n) is 4.39. The highest BCUT2D eigenvalue weighted by molar-refractivity contribution is 5.70. The zero-order chi connectivity index (χ0) is 10.1. The van der Waals surface area contributed by atoms with Crippen molar-refractivity contribution in [2.24, 2.45) is 0 Å². The van der Waals surface area contributed by atoms with Crippen molar-refractivity contribution in [3.8, 4) is 5.75 Å². The zero-order valence-corrected chi connectivity index (χ0v) is 7.78. The second-order valence-corrected chi connectivity index (χ2v) is 3.34. The highest BCUT2D eigenvalue weighted by atomic mass is 16.6. The van der Waals surface area contributed by atoms with E-state index >= 15 is 0 Å². The van der Waals surface area contributed by atoms with Gasteiger partial charge in [-0.2, -0.15) is 0 Å². The predicted octanol–water partition coefficient (Wildman–Crippen LogP) is 1.48. The van der Waals surface area contributed by atoms with Crippen molar-refractivity contribution in [1.82, 2.24) is 5.32 Å². The number of phenolic OH excluding ortho intramolecular Hbond substituents is 1. The van der Waals surface area contributed by atoms with Crippen molar-refractivity contribution in [2.45, 2.75) is 13.0 Å². The minimum absolute atomic E-state index is 0.0956. The highest BCUT2D eigenvalue weighted by Crippen LogP contribution is 2.23. The van der Waals surface area contributed by atoms with Crippen molar-refractivity contribution < 1.29 is 14.6 Å². The lowest BCUT2D eigenvalue weighted by atomic mass is 10.1. The number of aryl methyl sites for hydroxylation is 1. The minimum atomic E-state index is -0.388. The van der Waals surface area contributed by atoms with E-state index < -0.39 is 0 Å². The largest absolute Gasteiger partial charge is 0.508 e. The number of carbonyl (C=O) groups is 1. The van der Waals surface area contributed by atoms with Gasteiger partial charge in [-0.15, -0.1) is 0 Å². The number of cyclic esters (lactones) is 1. The number of nitrogens with one attached hydrogen (secondary N) is 1. The smallest absolute Gasteiger partial charge is 0.407 e. The van der Waals surface area contributed by atoms with Crippen LogP contribution in [0.2, 0.25) is 0 Å². The highest BCUT2D eigenvalue weighted by Gasteiger charge is 2.23. The molecular formula is C10H11NO3. The summed E-state index contributed by atoms with van der Waals surface area (Å²) in [5.41, 5.74) is 1.75. The molecule has 1 heterocycles. The monoisotopic (exact) mass is 193 g/mol. The van der Waals surface area contributed by atoms with Gasteiger partial charge < -0.3 is 15.2 Å². The van der Waals surface area contributed by atoms with E-state index in [2.05, 4.69) is 5.32 Å². The lowest BCUT2D eigenvalue weighted by Crippen LogP contribution is -2.18. The fourth-order valence-electron chi connectivity index (χ4n) is 1.46.